The normalized spacial score (nSPS) is 10.1. The molecule has 72 valence electrons. The topological polar surface area (TPSA) is 53.6 Å². The molecule has 4 nitrogen and oxygen atoms in total. The molecule has 0 aliphatic heterocycles. The number of aromatic amines is 1. The van der Waals surface area contributed by atoms with Gasteiger partial charge in [-0.1, -0.05) is 12.1 Å². The van der Waals surface area contributed by atoms with Crippen molar-refractivity contribution >= 4 is 5.95 Å². The Balaban J connectivity index is 1.98. The summed E-state index contributed by atoms with van der Waals surface area (Å²) in [7, 11) is 0. The summed E-state index contributed by atoms with van der Waals surface area (Å²) >= 11 is 0. The van der Waals surface area contributed by atoms with E-state index in [2.05, 4.69) is 20.5 Å². The molecule has 0 aliphatic carbocycles. The van der Waals surface area contributed by atoms with Gasteiger partial charge in [0.25, 0.3) is 0 Å². The molecule has 2 aromatic rings. The summed E-state index contributed by atoms with van der Waals surface area (Å²) < 4.78 is 12.8. The van der Waals surface area contributed by atoms with Crippen molar-refractivity contribution in [3.63, 3.8) is 0 Å². The molecule has 0 unspecified atom stereocenters. The zero-order valence-electron chi connectivity index (χ0n) is 7.37. The average molecular weight is 192 g/mol. The molecule has 2 N–H and O–H groups in total. The minimum absolute atomic E-state index is 0.234. The second kappa shape index (κ2) is 3.87. The maximum absolute atomic E-state index is 12.8. The Morgan fingerprint density at radius 3 is 3.07 bits per heavy atom. The number of benzene rings is 1. The van der Waals surface area contributed by atoms with Crippen molar-refractivity contribution in [2.75, 3.05) is 5.32 Å². The first-order valence-electron chi connectivity index (χ1n) is 4.18. The third-order valence-electron chi connectivity index (χ3n) is 1.76. The van der Waals surface area contributed by atoms with Crippen LogP contribution >= 0.6 is 0 Å². The number of nitrogens with one attached hydrogen (secondary N) is 2. The first kappa shape index (κ1) is 8.68. The van der Waals surface area contributed by atoms with Crippen LogP contribution in [0.15, 0.2) is 30.6 Å². The molecule has 0 saturated carbocycles. The van der Waals surface area contributed by atoms with E-state index in [9.17, 15) is 4.39 Å². The van der Waals surface area contributed by atoms with Crippen LogP contribution in [0.4, 0.5) is 10.3 Å². The molecule has 1 aromatic heterocycles. The van der Waals surface area contributed by atoms with Crippen LogP contribution in [0.5, 0.6) is 0 Å². The van der Waals surface area contributed by atoms with E-state index < -0.39 is 0 Å². The summed E-state index contributed by atoms with van der Waals surface area (Å²) in [5.41, 5.74) is 0.862. The van der Waals surface area contributed by atoms with Gasteiger partial charge in [0, 0.05) is 6.54 Å². The van der Waals surface area contributed by atoms with Crippen LogP contribution in [0.1, 0.15) is 5.56 Å². The Labute approximate surface area is 80.2 Å². The number of hydrogen-bond acceptors (Lipinski definition) is 3. The molecular formula is C9H9FN4. The molecule has 0 saturated heterocycles. The number of rotatable bonds is 3. The highest BCUT2D eigenvalue weighted by Gasteiger charge is 1.96. The van der Waals surface area contributed by atoms with E-state index >= 15 is 0 Å². The fourth-order valence-corrected chi connectivity index (χ4v) is 1.12. The summed E-state index contributed by atoms with van der Waals surface area (Å²) in [4.78, 5) is 3.88. The molecule has 0 atom stereocenters. The lowest BCUT2D eigenvalue weighted by molar-refractivity contribution is 0.626. The highest BCUT2D eigenvalue weighted by molar-refractivity contribution is 5.25. The molecular weight excluding hydrogens is 183 g/mol. The number of anilines is 1. The van der Waals surface area contributed by atoms with Crippen LogP contribution < -0.4 is 5.32 Å². The number of halogens is 1. The largest absolute Gasteiger partial charge is 0.351 e. The zero-order valence-corrected chi connectivity index (χ0v) is 7.37. The standard InChI is InChI=1S/C9H9FN4/c10-8-3-1-2-7(4-8)5-11-9-12-6-13-14-9/h1-4,6H,5H2,(H2,11,12,13,14). The Kier molecular flexibility index (Phi) is 2.40. The molecule has 5 heteroatoms. The molecule has 0 fully saturated rings. The lowest BCUT2D eigenvalue weighted by Crippen LogP contribution is -2.01. The zero-order chi connectivity index (χ0) is 9.80. The van der Waals surface area contributed by atoms with Gasteiger partial charge in [-0.05, 0) is 17.7 Å². The lowest BCUT2D eigenvalue weighted by Gasteiger charge is -2.01. The molecule has 2 rings (SSSR count). The summed E-state index contributed by atoms with van der Waals surface area (Å²) in [5, 5.41) is 9.31. The van der Waals surface area contributed by atoms with Gasteiger partial charge >= 0.3 is 0 Å². The molecule has 0 spiro atoms. The summed E-state index contributed by atoms with van der Waals surface area (Å²) in [6.07, 6.45) is 1.41. The highest BCUT2D eigenvalue weighted by Crippen LogP contribution is 2.05. The number of H-pyrrole nitrogens is 1. The minimum atomic E-state index is -0.234. The predicted molar refractivity (Wildman–Crippen MR) is 50.1 cm³/mol. The van der Waals surface area contributed by atoms with Crippen molar-refractivity contribution in [3.8, 4) is 0 Å². The van der Waals surface area contributed by atoms with Gasteiger partial charge in [0.05, 0.1) is 0 Å². The maximum atomic E-state index is 12.8. The summed E-state index contributed by atoms with van der Waals surface area (Å²) in [6, 6.07) is 6.40. The number of nitrogens with zero attached hydrogens (tertiary/aromatic N) is 2. The van der Waals surface area contributed by atoms with Crippen LogP contribution in [-0.4, -0.2) is 15.2 Å². The monoisotopic (exact) mass is 192 g/mol. The van der Waals surface area contributed by atoms with Gasteiger partial charge < -0.3 is 5.32 Å². The fraction of sp³-hybridized carbons (Fsp3) is 0.111. The second-order valence-corrected chi connectivity index (χ2v) is 2.82. The van der Waals surface area contributed by atoms with E-state index in [-0.39, 0.29) is 5.82 Å². The van der Waals surface area contributed by atoms with E-state index in [0.29, 0.717) is 12.5 Å². The van der Waals surface area contributed by atoms with Gasteiger partial charge in [-0.3, -0.25) is 0 Å². The Hall–Kier alpha value is -1.91. The minimum Gasteiger partial charge on any atom is -0.351 e. The Bertz CT molecular complexity index is 399. The van der Waals surface area contributed by atoms with Crippen LogP contribution in [0.3, 0.4) is 0 Å². The van der Waals surface area contributed by atoms with E-state index in [1.807, 2.05) is 6.07 Å². The van der Waals surface area contributed by atoms with E-state index in [0.717, 1.165) is 5.56 Å². The maximum Gasteiger partial charge on any atom is 0.218 e. The smallest absolute Gasteiger partial charge is 0.218 e. The van der Waals surface area contributed by atoms with Gasteiger partial charge in [-0.15, -0.1) is 0 Å². The molecule has 1 aromatic carbocycles. The van der Waals surface area contributed by atoms with Gasteiger partial charge in [0.15, 0.2) is 0 Å². The van der Waals surface area contributed by atoms with Crippen molar-refractivity contribution in [1.29, 1.82) is 0 Å². The molecule has 0 bridgehead atoms. The first-order chi connectivity index (χ1) is 6.84. The van der Waals surface area contributed by atoms with Gasteiger partial charge in [0.2, 0.25) is 5.95 Å². The van der Waals surface area contributed by atoms with Crippen molar-refractivity contribution in [2.45, 2.75) is 6.54 Å². The Morgan fingerprint density at radius 2 is 2.36 bits per heavy atom. The Morgan fingerprint density at radius 1 is 1.43 bits per heavy atom. The van der Waals surface area contributed by atoms with E-state index in [1.54, 1.807) is 6.07 Å². The van der Waals surface area contributed by atoms with Gasteiger partial charge in [0.1, 0.15) is 12.1 Å². The van der Waals surface area contributed by atoms with Gasteiger partial charge in [-0.2, -0.15) is 5.10 Å². The van der Waals surface area contributed by atoms with E-state index in [1.165, 1.54) is 18.5 Å². The molecule has 14 heavy (non-hydrogen) atoms. The van der Waals surface area contributed by atoms with Crippen LogP contribution in [0, 0.1) is 5.82 Å². The first-order valence-corrected chi connectivity index (χ1v) is 4.18. The number of aromatic nitrogens is 3. The quantitative estimate of drug-likeness (QED) is 0.775. The molecule has 0 aliphatic rings. The average Bonchev–Trinajstić information content (AvgIpc) is 2.67. The van der Waals surface area contributed by atoms with Crippen LogP contribution in [-0.2, 0) is 6.54 Å². The fourth-order valence-electron chi connectivity index (χ4n) is 1.12. The third-order valence-corrected chi connectivity index (χ3v) is 1.76. The summed E-state index contributed by atoms with van der Waals surface area (Å²) in [6.45, 7) is 0.521. The molecule has 0 amide bonds. The SMILES string of the molecule is Fc1cccc(CNc2ncn[nH]2)c1. The third kappa shape index (κ3) is 2.07. The van der Waals surface area contributed by atoms with Crippen LogP contribution in [0.2, 0.25) is 0 Å². The van der Waals surface area contributed by atoms with Crippen molar-refractivity contribution in [3.05, 3.63) is 42.0 Å². The molecule has 1 heterocycles. The van der Waals surface area contributed by atoms with Crippen LogP contribution in [0.25, 0.3) is 0 Å². The van der Waals surface area contributed by atoms with E-state index in [4.69, 9.17) is 0 Å². The molecule has 0 radical (unpaired) electrons. The van der Waals surface area contributed by atoms with Crippen molar-refractivity contribution < 1.29 is 4.39 Å². The van der Waals surface area contributed by atoms with Crippen molar-refractivity contribution in [1.82, 2.24) is 15.2 Å². The lowest BCUT2D eigenvalue weighted by atomic mass is 10.2. The summed E-state index contributed by atoms with van der Waals surface area (Å²) in [5.74, 6) is 0.344. The number of hydrogen-bond donors (Lipinski definition) is 2. The second-order valence-electron chi connectivity index (χ2n) is 2.82. The predicted octanol–water partition coefficient (Wildman–Crippen LogP) is 1.56. The highest BCUT2D eigenvalue weighted by atomic mass is 19.1. The van der Waals surface area contributed by atoms with Gasteiger partial charge in [-0.25, -0.2) is 14.5 Å². The van der Waals surface area contributed by atoms with Crippen molar-refractivity contribution in [2.24, 2.45) is 0 Å².